The summed E-state index contributed by atoms with van der Waals surface area (Å²) in [7, 11) is 0. The molecule has 1 aliphatic heterocycles. The van der Waals surface area contributed by atoms with E-state index in [9.17, 15) is 14.4 Å². The highest BCUT2D eigenvalue weighted by Gasteiger charge is 2.25. The highest BCUT2D eigenvalue weighted by Crippen LogP contribution is 2.17. The van der Waals surface area contributed by atoms with E-state index >= 15 is 0 Å². The van der Waals surface area contributed by atoms with Gasteiger partial charge in [-0.2, -0.15) is 0 Å². The van der Waals surface area contributed by atoms with E-state index in [0.717, 1.165) is 6.42 Å². The van der Waals surface area contributed by atoms with Crippen molar-refractivity contribution in [3.05, 3.63) is 87.6 Å². The predicted octanol–water partition coefficient (Wildman–Crippen LogP) is 4.16. The summed E-state index contributed by atoms with van der Waals surface area (Å²) in [5.74, 6) is -0.227. The van der Waals surface area contributed by atoms with Crippen molar-refractivity contribution in [2.24, 2.45) is 0 Å². The smallest absolute Gasteiger partial charge is 0.265 e. The molecule has 0 radical (unpaired) electrons. The molecule has 1 aliphatic rings. The molecule has 0 aliphatic carbocycles. The molecular weight excluding hydrogens is 422 g/mol. The zero-order valence-electron chi connectivity index (χ0n) is 17.9. The third-order valence-electron chi connectivity index (χ3n) is 5.60. The number of rotatable bonds is 5. The van der Waals surface area contributed by atoms with E-state index in [1.165, 1.54) is 16.9 Å². The Morgan fingerprint density at radius 2 is 1.34 bits per heavy atom. The lowest BCUT2D eigenvalue weighted by molar-refractivity contribution is 0.0535. The van der Waals surface area contributed by atoms with Crippen LogP contribution in [0.4, 0.5) is 5.69 Å². The second kappa shape index (κ2) is 9.78. The van der Waals surface area contributed by atoms with Crippen molar-refractivity contribution in [2.45, 2.75) is 13.3 Å². The zero-order valence-corrected chi connectivity index (χ0v) is 18.7. The van der Waals surface area contributed by atoms with E-state index < -0.39 is 0 Å². The van der Waals surface area contributed by atoms with Crippen LogP contribution in [-0.4, -0.2) is 53.7 Å². The van der Waals surface area contributed by atoms with Crippen molar-refractivity contribution in [2.75, 3.05) is 31.5 Å². The number of hydrogen-bond donors (Lipinski definition) is 1. The number of carbonyl (C=O) groups excluding carboxylic acids is 3. The molecule has 2 heterocycles. The van der Waals surface area contributed by atoms with E-state index in [4.69, 9.17) is 0 Å². The van der Waals surface area contributed by atoms with Gasteiger partial charge in [-0.1, -0.05) is 25.1 Å². The van der Waals surface area contributed by atoms with Crippen molar-refractivity contribution in [3.63, 3.8) is 0 Å². The molecule has 3 aromatic rings. The largest absolute Gasteiger partial charge is 0.335 e. The first kappa shape index (κ1) is 21.8. The van der Waals surface area contributed by atoms with Gasteiger partial charge in [0.2, 0.25) is 0 Å². The van der Waals surface area contributed by atoms with Gasteiger partial charge in [0.1, 0.15) is 0 Å². The standard InChI is InChI=1S/C25H25N3O3S/c1-2-18-5-7-19(8-6-18)24(30)27-13-15-28(16-14-27)25(31)20-9-11-21(12-10-20)26-23(29)22-4-3-17-32-22/h3-12,17H,2,13-16H2,1H3,(H,26,29). The minimum Gasteiger partial charge on any atom is -0.335 e. The van der Waals surface area contributed by atoms with Gasteiger partial charge in [0.05, 0.1) is 4.88 Å². The third-order valence-corrected chi connectivity index (χ3v) is 6.47. The SMILES string of the molecule is CCc1ccc(C(=O)N2CCN(C(=O)c3ccc(NC(=O)c4cccs4)cc3)CC2)cc1. The fourth-order valence-corrected chi connectivity index (χ4v) is 4.28. The second-order valence-corrected chi connectivity index (χ2v) is 8.59. The van der Waals surface area contributed by atoms with E-state index in [-0.39, 0.29) is 17.7 Å². The fraction of sp³-hybridized carbons (Fsp3) is 0.240. The molecule has 32 heavy (non-hydrogen) atoms. The van der Waals surface area contributed by atoms with Crippen LogP contribution >= 0.6 is 11.3 Å². The lowest BCUT2D eigenvalue weighted by atomic mass is 10.1. The van der Waals surface area contributed by atoms with Crippen LogP contribution in [0.15, 0.2) is 66.0 Å². The molecule has 2 aromatic carbocycles. The molecule has 3 amide bonds. The van der Waals surface area contributed by atoms with Crippen molar-refractivity contribution in [1.29, 1.82) is 0 Å². The molecule has 1 saturated heterocycles. The molecule has 1 aromatic heterocycles. The molecule has 4 rings (SSSR count). The summed E-state index contributed by atoms with van der Waals surface area (Å²) in [6, 6.07) is 18.2. The first-order valence-corrected chi connectivity index (χ1v) is 11.6. The Bertz CT molecular complexity index is 1080. The van der Waals surface area contributed by atoms with Crippen LogP contribution in [0.2, 0.25) is 0 Å². The number of piperazine rings is 1. The monoisotopic (exact) mass is 447 g/mol. The number of benzene rings is 2. The maximum atomic E-state index is 12.9. The highest BCUT2D eigenvalue weighted by molar-refractivity contribution is 7.12. The predicted molar refractivity (Wildman–Crippen MR) is 126 cm³/mol. The molecule has 1 fully saturated rings. The number of thiophene rings is 1. The van der Waals surface area contributed by atoms with Gasteiger partial charge >= 0.3 is 0 Å². The maximum absolute atomic E-state index is 12.9. The van der Waals surface area contributed by atoms with Gasteiger partial charge < -0.3 is 15.1 Å². The topological polar surface area (TPSA) is 69.7 Å². The molecule has 7 heteroatoms. The van der Waals surface area contributed by atoms with Gasteiger partial charge in [0.25, 0.3) is 17.7 Å². The summed E-state index contributed by atoms with van der Waals surface area (Å²) in [4.78, 5) is 42.0. The minimum atomic E-state index is -0.163. The summed E-state index contributed by atoms with van der Waals surface area (Å²) < 4.78 is 0. The number of aryl methyl sites for hydroxylation is 1. The van der Waals surface area contributed by atoms with Crippen molar-refractivity contribution < 1.29 is 14.4 Å². The number of carbonyl (C=O) groups is 3. The van der Waals surface area contributed by atoms with Crippen LogP contribution in [-0.2, 0) is 6.42 Å². The summed E-state index contributed by atoms with van der Waals surface area (Å²) in [5.41, 5.74) is 3.09. The Hall–Kier alpha value is -3.45. The maximum Gasteiger partial charge on any atom is 0.265 e. The van der Waals surface area contributed by atoms with E-state index in [0.29, 0.717) is 47.9 Å². The number of hydrogen-bond acceptors (Lipinski definition) is 4. The van der Waals surface area contributed by atoms with Crippen LogP contribution in [0.3, 0.4) is 0 Å². The van der Waals surface area contributed by atoms with Gasteiger partial charge in [-0.25, -0.2) is 0 Å². The molecular formula is C25H25N3O3S. The lowest BCUT2D eigenvalue weighted by Gasteiger charge is -2.35. The van der Waals surface area contributed by atoms with Crippen LogP contribution in [0, 0.1) is 0 Å². The van der Waals surface area contributed by atoms with Gasteiger partial charge in [0.15, 0.2) is 0 Å². The third kappa shape index (κ3) is 4.89. The summed E-state index contributed by atoms with van der Waals surface area (Å²) in [6.45, 7) is 4.09. The van der Waals surface area contributed by atoms with Crippen molar-refractivity contribution in [1.82, 2.24) is 9.80 Å². The van der Waals surface area contributed by atoms with Gasteiger partial charge in [-0.05, 0) is 59.8 Å². The summed E-state index contributed by atoms with van der Waals surface area (Å²) in [6.07, 6.45) is 0.942. The first-order chi connectivity index (χ1) is 15.5. The van der Waals surface area contributed by atoms with Crippen LogP contribution in [0.25, 0.3) is 0 Å². The van der Waals surface area contributed by atoms with Crippen molar-refractivity contribution >= 4 is 34.7 Å². The molecule has 0 bridgehead atoms. The van der Waals surface area contributed by atoms with E-state index in [1.54, 1.807) is 40.1 Å². The Morgan fingerprint density at radius 1 is 0.812 bits per heavy atom. The first-order valence-electron chi connectivity index (χ1n) is 10.7. The zero-order chi connectivity index (χ0) is 22.5. The number of nitrogens with one attached hydrogen (secondary N) is 1. The van der Waals surface area contributed by atoms with Gasteiger partial charge in [0, 0.05) is 43.0 Å². The summed E-state index contributed by atoms with van der Waals surface area (Å²) in [5, 5.41) is 4.69. The number of anilines is 1. The van der Waals surface area contributed by atoms with E-state index in [1.807, 2.05) is 35.7 Å². The van der Waals surface area contributed by atoms with Crippen LogP contribution in [0.1, 0.15) is 42.9 Å². The number of nitrogens with zero attached hydrogens (tertiary/aromatic N) is 2. The van der Waals surface area contributed by atoms with Gasteiger partial charge in [-0.15, -0.1) is 11.3 Å². The van der Waals surface area contributed by atoms with Crippen LogP contribution in [0.5, 0.6) is 0 Å². The van der Waals surface area contributed by atoms with Gasteiger partial charge in [-0.3, -0.25) is 14.4 Å². The number of amides is 3. The Kier molecular flexibility index (Phi) is 6.66. The molecule has 0 spiro atoms. The average molecular weight is 448 g/mol. The molecule has 6 nitrogen and oxygen atoms in total. The van der Waals surface area contributed by atoms with Crippen molar-refractivity contribution in [3.8, 4) is 0 Å². The molecule has 0 atom stereocenters. The fourth-order valence-electron chi connectivity index (χ4n) is 3.66. The Morgan fingerprint density at radius 3 is 1.81 bits per heavy atom. The molecule has 1 N–H and O–H groups in total. The summed E-state index contributed by atoms with van der Waals surface area (Å²) >= 11 is 1.38. The quantitative estimate of drug-likeness (QED) is 0.639. The normalized spacial score (nSPS) is 13.7. The molecule has 0 unspecified atom stereocenters. The second-order valence-electron chi connectivity index (χ2n) is 7.64. The molecule has 0 saturated carbocycles. The Balaban J connectivity index is 1.31. The lowest BCUT2D eigenvalue weighted by Crippen LogP contribution is -2.50. The average Bonchev–Trinajstić information content (AvgIpc) is 3.39. The van der Waals surface area contributed by atoms with Crippen LogP contribution < -0.4 is 5.32 Å². The highest BCUT2D eigenvalue weighted by atomic mass is 32.1. The van der Waals surface area contributed by atoms with E-state index in [2.05, 4.69) is 12.2 Å². The molecule has 164 valence electrons. The Labute approximate surface area is 191 Å². The minimum absolute atomic E-state index is 0.00517.